The average Bonchev–Trinajstić information content (AvgIpc) is 3.46. The number of H-pyrrole nitrogens is 1. The number of fused-ring (bicyclic) bond motifs is 1. The fourth-order valence-corrected chi connectivity index (χ4v) is 5.01. The van der Waals surface area contributed by atoms with Gasteiger partial charge in [0, 0.05) is 18.5 Å². The van der Waals surface area contributed by atoms with Crippen LogP contribution in [0.5, 0.6) is 0 Å². The SMILES string of the molecule is O=S(=O)(c1ccc2c(cnn2-c2cnc(-c3cnc(Cl)o3)[nH]2)c1)N1CCC(O)C1. The van der Waals surface area contributed by atoms with Crippen molar-refractivity contribution in [1.29, 1.82) is 0 Å². The Balaban J connectivity index is 1.49. The van der Waals surface area contributed by atoms with Crippen LogP contribution in [0, 0.1) is 0 Å². The van der Waals surface area contributed by atoms with E-state index in [-0.39, 0.29) is 16.8 Å². The fraction of sp³-hybridized carbons (Fsp3) is 0.235. The molecule has 0 radical (unpaired) electrons. The number of hydrogen-bond donors (Lipinski definition) is 2. The number of hydrogen-bond acceptors (Lipinski definition) is 7. The highest BCUT2D eigenvalue weighted by atomic mass is 35.5. The largest absolute Gasteiger partial charge is 0.424 e. The van der Waals surface area contributed by atoms with Crippen LogP contribution in [0.3, 0.4) is 0 Å². The Morgan fingerprint density at radius 2 is 2.10 bits per heavy atom. The molecular formula is C17H15ClN6O4S. The van der Waals surface area contributed by atoms with Crippen LogP contribution in [0.2, 0.25) is 5.35 Å². The number of aromatic nitrogens is 5. The van der Waals surface area contributed by atoms with Gasteiger partial charge in [-0.25, -0.2) is 23.1 Å². The van der Waals surface area contributed by atoms with E-state index in [1.807, 2.05) is 0 Å². The van der Waals surface area contributed by atoms with Crippen LogP contribution in [-0.2, 0) is 10.0 Å². The quantitative estimate of drug-likeness (QED) is 0.500. The monoisotopic (exact) mass is 434 g/mol. The molecule has 4 aromatic rings. The van der Waals surface area contributed by atoms with Crippen molar-refractivity contribution in [3.05, 3.63) is 42.1 Å². The molecule has 1 aromatic carbocycles. The average molecular weight is 435 g/mol. The van der Waals surface area contributed by atoms with Crippen molar-refractivity contribution >= 4 is 32.5 Å². The summed E-state index contributed by atoms with van der Waals surface area (Å²) < 4.78 is 33.8. The molecule has 2 N–H and O–H groups in total. The summed E-state index contributed by atoms with van der Waals surface area (Å²) in [6.07, 6.45) is 4.44. The highest BCUT2D eigenvalue weighted by Gasteiger charge is 2.31. The van der Waals surface area contributed by atoms with Gasteiger partial charge in [0.2, 0.25) is 10.0 Å². The van der Waals surface area contributed by atoms with Crippen LogP contribution >= 0.6 is 11.6 Å². The molecular weight excluding hydrogens is 420 g/mol. The number of sulfonamides is 1. The summed E-state index contributed by atoms with van der Waals surface area (Å²) in [6.45, 7) is 0.422. The molecule has 10 nitrogen and oxygen atoms in total. The van der Waals surface area contributed by atoms with Gasteiger partial charge in [-0.15, -0.1) is 0 Å². The predicted octanol–water partition coefficient (Wildman–Crippen LogP) is 1.81. The van der Waals surface area contributed by atoms with Crippen molar-refractivity contribution in [3.8, 4) is 17.4 Å². The second kappa shape index (κ2) is 6.66. The molecule has 0 amide bonds. The fourth-order valence-electron chi connectivity index (χ4n) is 3.35. The van der Waals surface area contributed by atoms with E-state index in [0.717, 1.165) is 0 Å². The number of halogens is 1. The molecule has 1 saturated heterocycles. The van der Waals surface area contributed by atoms with E-state index in [1.165, 1.54) is 16.6 Å². The van der Waals surface area contributed by atoms with Gasteiger partial charge in [0.15, 0.2) is 17.4 Å². The van der Waals surface area contributed by atoms with Crippen LogP contribution in [0.4, 0.5) is 0 Å². The van der Waals surface area contributed by atoms with E-state index in [0.29, 0.717) is 41.3 Å². The maximum absolute atomic E-state index is 12.8. The Bertz CT molecular complexity index is 1310. The Hall–Kier alpha value is -2.73. The summed E-state index contributed by atoms with van der Waals surface area (Å²) in [6, 6.07) is 4.80. The molecule has 29 heavy (non-hydrogen) atoms. The van der Waals surface area contributed by atoms with E-state index in [1.54, 1.807) is 29.2 Å². The zero-order valence-corrected chi connectivity index (χ0v) is 16.4. The standard InChI is InChI=1S/C17H15ClN6O4S/c18-17-20-7-14(28-17)16-19-8-15(22-16)24-13-2-1-12(5-10(13)6-21-24)29(26,27)23-4-3-11(25)9-23/h1-2,5-8,11,25H,3-4,9H2,(H,19,22). The van der Waals surface area contributed by atoms with E-state index in [2.05, 4.69) is 20.1 Å². The number of benzene rings is 1. The van der Waals surface area contributed by atoms with Crippen LogP contribution < -0.4 is 0 Å². The molecule has 150 valence electrons. The summed E-state index contributed by atoms with van der Waals surface area (Å²) >= 11 is 5.70. The van der Waals surface area contributed by atoms with Gasteiger partial charge in [-0.1, -0.05) is 0 Å². The molecule has 1 unspecified atom stereocenters. The van der Waals surface area contributed by atoms with E-state index in [4.69, 9.17) is 16.0 Å². The predicted molar refractivity (Wildman–Crippen MR) is 103 cm³/mol. The van der Waals surface area contributed by atoms with Crippen molar-refractivity contribution in [3.63, 3.8) is 0 Å². The number of β-amino-alcohol motifs (C(OH)–C–C–N with tert-alkyl or cyclic N) is 1. The van der Waals surface area contributed by atoms with Crippen molar-refractivity contribution in [1.82, 2.24) is 29.0 Å². The lowest BCUT2D eigenvalue weighted by Gasteiger charge is -2.15. The molecule has 0 saturated carbocycles. The second-order valence-corrected chi connectivity index (χ2v) is 8.94. The van der Waals surface area contributed by atoms with Crippen molar-refractivity contribution in [2.24, 2.45) is 0 Å². The number of nitrogens with one attached hydrogen (secondary N) is 1. The molecule has 0 aliphatic carbocycles. The summed E-state index contributed by atoms with van der Waals surface area (Å²) in [7, 11) is -3.66. The minimum absolute atomic E-state index is 0.0155. The van der Waals surface area contributed by atoms with Crippen molar-refractivity contribution in [2.75, 3.05) is 13.1 Å². The Morgan fingerprint density at radius 1 is 1.24 bits per heavy atom. The summed E-state index contributed by atoms with van der Waals surface area (Å²) in [5.41, 5.74) is 0.705. The zero-order chi connectivity index (χ0) is 20.2. The van der Waals surface area contributed by atoms with Gasteiger partial charge in [-0.2, -0.15) is 9.40 Å². The van der Waals surface area contributed by atoms with Gasteiger partial charge >= 0.3 is 0 Å². The molecule has 5 rings (SSSR count). The van der Waals surface area contributed by atoms with Crippen LogP contribution in [0.15, 0.2) is 46.1 Å². The lowest BCUT2D eigenvalue weighted by molar-refractivity contribution is 0.189. The minimum atomic E-state index is -3.66. The van der Waals surface area contributed by atoms with Gasteiger partial charge in [0.05, 0.1) is 35.1 Å². The maximum atomic E-state index is 12.8. The number of aromatic amines is 1. The molecule has 4 heterocycles. The highest BCUT2D eigenvalue weighted by Crippen LogP contribution is 2.26. The highest BCUT2D eigenvalue weighted by molar-refractivity contribution is 7.89. The zero-order valence-electron chi connectivity index (χ0n) is 14.9. The molecule has 0 bridgehead atoms. The van der Waals surface area contributed by atoms with Gasteiger partial charge in [0.1, 0.15) is 0 Å². The summed E-state index contributed by atoms with van der Waals surface area (Å²) in [5.74, 6) is 1.40. The number of rotatable bonds is 4. The Kier molecular flexibility index (Phi) is 4.21. The lowest BCUT2D eigenvalue weighted by atomic mass is 10.2. The van der Waals surface area contributed by atoms with Crippen LogP contribution in [0.25, 0.3) is 28.3 Å². The third kappa shape index (κ3) is 3.12. The first-order valence-corrected chi connectivity index (χ1v) is 10.6. The third-order valence-corrected chi connectivity index (χ3v) is 6.84. The van der Waals surface area contributed by atoms with Crippen molar-refractivity contribution < 1.29 is 17.9 Å². The summed E-state index contributed by atoms with van der Waals surface area (Å²) in [5, 5.41) is 14.7. The van der Waals surface area contributed by atoms with Crippen LogP contribution in [0.1, 0.15) is 6.42 Å². The second-order valence-electron chi connectivity index (χ2n) is 6.68. The van der Waals surface area contributed by atoms with E-state index < -0.39 is 16.1 Å². The van der Waals surface area contributed by atoms with Gasteiger partial charge in [0.25, 0.3) is 5.35 Å². The van der Waals surface area contributed by atoms with E-state index >= 15 is 0 Å². The first kappa shape index (κ1) is 18.3. The first-order chi connectivity index (χ1) is 13.9. The number of aliphatic hydroxyl groups excluding tert-OH is 1. The molecule has 1 atom stereocenters. The molecule has 1 fully saturated rings. The lowest BCUT2D eigenvalue weighted by Crippen LogP contribution is -2.29. The number of aliphatic hydroxyl groups is 1. The Morgan fingerprint density at radius 3 is 2.83 bits per heavy atom. The molecule has 1 aliphatic rings. The first-order valence-electron chi connectivity index (χ1n) is 8.75. The topological polar surface area (TPSA) is 130 Å². The summed E-state index contributed by atoms with van der Waals surface area (Å²) in [4.78, 5) is 11.3. The van der Waals surface area contributed by atoms with Crippen LogP contribution in [-0.4, -0.2) is 61.8 Å². The smallest absolute Gasteiger partial charge is 0.292 e. The number of oxazole rings is 1. The Labute approximate surface area is 169 Å². The van der Waals surface area contributed by atoms with E-state index in [9.17, 15) is 13.5 Å². The van der Waals surface area contributed by atoms with Gasteiger partial charge < -0.3 is 14.5 Å². The molecule has 12 heteroatoms. The normalized spacial score (nSPS) is 18.1. The third-order valence-electron chi connectivity index (χ3n) is 4.80. The molecule has 0 spiro atoms. The van der Waals surface area contributed by atoms with Gasteiger partial charge in [-0.3, -0.25) is 0 Å². The number of nitrogens with zero attached hydrogens (tertiary/aromatic N) is 5. The van der Waals surface area contributed by atoms with Gasteiger partial charge in [-0.05, 0) is 36.2 Å². The van der Waals surface area contributed by atoms with Crippen molar-refractivity contribution in [2.45, 2.75) is 17.4 Å². The number of imidazole rings is 1. The molecule has 3 aromatic heterocycles. The maximum Gasteiger partial charge on any atom is 0.292 e. The molecule has 1 aliphatic heterocycles. The minimum Gasteiger partial charge on any atom is -0.424 e.